The van der Waals surface area contributed by atoms with E-state index in [0.717, 1.165) is 37.7 Å². The van der Waals surface area contributed by atoms with Gasteiger partial charge < -0.3 is 10.6 Å². The van der Waals surface area contributed by atoms with E-state index in [2.05, 4.69) is 10.6 Å². The lowest BCUT2D eigenvalue weighted by Gasteiger charge is -2.34. The Hall–Kier alpha value is -1.93. The average molecular weight is 410 g/mol. The molecule has 28 heavy (non-hydrogen) atoms. The molecular weight excluding hydrogens is 378 g/mol. The number of amides is 2. The van der Waals surface area contributed by atoms with Gasteiger partial charge in [0.25, 0.3) is 0 Å². The highest BCUT2D eigenvalue weighted by Crippen LogP contribution is 2.27. The van der Waals surface area contributed by atoms with Crippen molar-refractivity contribution in [1.82, 2.24) is 14.9 Å². The molecule has 2 rings (SSSR count). The molecule has 0 spiro atoms. The molecule has 0 aliphatic carbocycles. The van der Waals surface area contributed by atoms with Crippen molar-refractivity contribution in [2.24, 2.45) is 0 Å². The van der Waals surface area contributed by atoms with Crippen LogP contribution in [-0.2, 0) is 19.6 Å². The van der Waals surface area contributed by atoms with E-state index in [-0.39, 0.29) is 12.6 Å². The minimum Gasteiger partial charge on any atom is -0.348 e. The van der Waals surface area contributed by atoms with Crippen molar-refractivity contribution >= 4 is 21.8 Å². The number of benzene rings is 1. The fourth-order valence-electron chi connectivity index (χ4n) is 3.32. The first-order chi connectivity index (χ1) is 13.4. The van der Waals surface area contributed by atoms with E-state index in [1.807, 2.05) is 13.8 Å². The maximum Gasteiger partial charge on any atom is 0.309 e. The van der Waals surface area contributed by atoms with Gasteiger partial charge >= 0.3 is 11.8 Å². The molecule has 2 amide bonds. The highest BCUT2D eigenvalue weighted by Gasteiger charge is 2.33. The minimum absolute atomic E-state index is 0.177. The molecule has 1 aromatic carbocycles. The SMILES string of the molecule is CCCCNC(=O)C(=O)NCCC1CCCCN1S(=O)(=O)c1ccc(C)cc1. The summed E-state index contributed by atoms with van der Waals surface area (Å²) in [6.07, 6.45) is 4.79. The van der Waals surface area contributed by atoms with Crippen LogP contribution in [0.4, 0.5) is 0 Å². The molecule has 1 aromatic rings. The summed E-state index contributed by atoms with van der Waals surface area (Å²) in [5, 5.41) is 5.18. The summed E-state index contributed by atoms with van der Waals surface area (Å²) < 4.78 is 27.6. The Morgan fingerprint density at radius 2 is 1.71 bits per heavy atom. The second kappa shape index (κ2) is 10.6. The third kappa shape index (κ3) is 6.04. The molecule has 1 saturated heterocycles. The van der Waals surface area contributed by atoms with Gasteiger partial charge in [-0.25, -0.2) is 8.42 Å². The van der Waals surface area contributed by atoms with E-state index >= 15 is 0 Å². The smallest absolute Gasteiger partial charge is 0.309 e. The molecule has 1 unspecified atom stereocenters. The number of aryl methyl sites for hydroxylation is 1. The van der Waals surface area contributed by atoms with Crippen molar-refractivity contribution in [1.29, 1.82) is 0 Å². The number of hydrogen-bond donors (Lipinski definition) is 2. The number of carbonyl (C=O) groups is 2. The monoisotopic (exact) mass is 409 g/mol. The van der Waals surface area contributed by atoms with Gasteiger partial charge in [-0.2, -0.15) is 4.31 Å². The van der Waals surface area contributed by atoms with Crippen molar-refractivity contribution in [2.75, 3.05) is 19.6 Å². The summed E-state index contributed by atoms with van der Waals surface area (Å²) in [5.41, 5.74) is 1.01. The quantitative estimate of drug-likeness (QED) is 0.507. The molecule has 2 N–H and O–H groups in total. The summed E-state index contributed by atoms with van der Waals surface area (Å²) in [5.74, 6) is -1.30. The number of unbranched alkanes of at least 4 members (excludes halogenated alkanes) is 1. The number of nitrogens with one attached hydrogen (secondary N) is 2. The zero-order valence-electron chi connectivity index (χ0n) is 16.7. The Bertz CT molecular complexity index is 762. The molecule has 8 heteroatoms. The molecule has 1 aliphatic heterocycles. The van der Waals surface area contributed by atoms with Gasteiger partial charge in [-0.15, -0.1) is 0 Å². The van der Waals surface area contributed by atoms with E-state index in [0.29, 0.717) is 24.4 Å². The number of carbonyl (C=O) groups excluding carboxylic acids is 2. The molecule has 1 heterocycles. The molecule has 7 nitrogen and oxygen atoms in total. The van der Waals surface area contributed by atoms with Gasteiger partial charge in [-0.1, -0.05) is 37.5 Å². The third-order valence-electron chi connectivity index (χ3n) is 4.99. The fraction of sp³-hybridized carbons (Fsp3) is 0.600. The zero-order chi connectivity index (χ0) is 20.6. The first kappa shape index (κ1) is 22.4. The first-order valence-electron chi connectivity index (χ1n) is 10.0. The van der Waals surface area contributed by atoms with Crippen LogP contribution in [0.3, 0.4) is 0 Å². The van der Waals surface area contributed by atoms with E-state index in [4.69, 9.17) is 0 Å². The standard InChI is InChI=1S/C20H31N3O4S/c1-3-4-13-21-19(24)20(25)22-14-12-17-7-5-6-15-23(17)28(26,27)18-10-8-16(2)9-11-18/h8-11,17H,3-7,12-15H2,1-2H3,(H,21,24)(H,22,25). The molecule has 0 aromatic heterocycles. The Balaban J connectivity index is 1.93. The van der Waals surface area contributed by atoms with E-state index in [9.17, 15) is 18.0 Å². The minimum atomic E-state index is -3.57. The normalized spacial score (nSPS) is 17.9. The second-order valence-electron chi connectivity index (χ2n) is 7.23. The zero-order valence-corrected chi connectivity index (χ0v) is 17.6. The van der Waals surface area contributed by atoms with Crippen molar-refractivity contribution in [3.63, 3.8) is 0 Å². The molecule has 0 bridgehead atoms. The molecule has 0 saturated carbocycles. The lowest BCUT2D eigenvalue weighted by atomic mass is 10.0. The number of piperidine rings is 1. The summed E-state index contributed by atoms with van der Waals surface area (Å²) >= 11 is 0. The van der Waals surface area contributed by atoms with E-state index in [1.165, 1.54) is 0 Å². The van der Waals surface area contributed by atoms with E-state index in [1.54, 1.807) is 28.6 Å². The van der Waals surface area contributed by atoms with Gasteiger partial charge in [0.05, 0.1) is 4.90 Å². The highest BCUT2D eigenvalue weighted by atomic mass is 32.2. The van der Waals surface area contributed by atoms with Crippen LogP contribution in [0.15, 0.2) is 29.2 Å². The van der Waals surface area contributed by atoms with Gasteiger partial charge in [0.2, 0.25) is 10.0 Å². The first-order valence-corrected chi connectivity index (χ1v) is 11.4. The third-order valence-corrected chi connectivity index (χ3v) is 6.95. The molecule has 1 atom stereocenters. The maximum absolute atomic E-state index is 13.0. The van der Waals surface area contributed by atoms with Crippen LogP contribution in [0.1, 0.15) is 51.0 Å². The average Bonchev–Trinajstić information content (AvgIpc) is 2.68. The maximum atomic E-state index is 13.0. The van der Waals surface area contributed by atoms with Crippen LogP contribution in [0.5, 0.6) is 0 Å². The lowest BCUT2D eigenvalue weighted by Crippen LogP contribution is -2.46. The molecule has 0 radical (unpaired) electrons. The van der Waals surface area contributed by atoms with Crippen LogP contribution >= 0.6 is 0 Å². The fourth-order valence-corrected chi connectivity index (χ4v) is 5.04. The Kier molecular flexibility index (Phi) is 8.44. The summed E-state index contributed by atoms with van der Waals surface area (Å²) in [4.78, 5) is 23.9. The summed E-state index contributed by atoms with van der Waals surface area (Å²) in [7, 11) is -3.57. The Labute approximate surface area is 167 Å². The van der Waals surface area contributed by atoms with Crippen LogP contribution in [0.25, 0.3) is 0 Å². The number of hydrogen-bond acceptors (Lipinski definition) is 4. The Morgan fingerprint density at radius 3 is 2.36 bits per heavy atom. The largest absolute Gasteiger partial charge is 0.348 e. The predicted octanol–water partition coefficient (Wildman–Crippen LogP) is 1.96. The molecule has 1 fully saturated rings. The van der Waals surface area contributed by atoms with Crippen LogP contribution < -0.4 is 10.6 Å². The van der Waals surface area contributed by atoms with Gasteiger partial charge in [-0.05, 0) is 44.7 Å². The molecule has 1 aliphatic rings. The number of nitrogens with zero attached hydrogens (tertiary/aromatic N) is 1. The lowest BCUT2D eigenvalue weighted by molar-refractivity contribution is -0.139. The second-order valence-corrected chi connectivity index (χ2v) is 9.12. The van der Waals surface area contributed by atoms with Gasteiger partial charge in [0.1, 0.15) is 0 Å². The van der Waals surface area contributed by atoms with Crippen LogP contribution in [-0.4, -0.2) is 50.2 Å². The molecule has 156 valence electrons. The van der Waals surface area contributed by atoms with Gasteiger partial charge in [0.15, 0.2) is 0 Å². The van der Waals surface area contributed by atoms with Crippen molar-refractivity contribution in [2.45, 2.75) is 63.3 Å². The number of sulfonamides is 1. The highest BCUT2D eigenvalue weighted by molar-refractivity contribution is 7.89. The predicted molar refractivity (Wildman–Crippen MR) is 108 cm³/mol. The van der Waals surface area contributed by atoms with Crippen LogP contribution in [0, 0.1) is 6.92 Å². The molecular formula is C20H31N3O4S. The van der Waals surface area contributed by atoms with Gasteiger partial charge in [-0.3, -0.25) is 9.59 Å². The topological polar surface area (TPSA) is 95.6 Å². The van der Waals surface area contributed by atoms with E-state index < -0.39 is 21.8 Å². The summed E-state index contributed by atoms with van der Waals surface area (Å²) in [6, 6.07) is 6.69. The summed E-state index contributed by atoms with van der Waals surface area (Å²) in [6.45, 7) is 5.15. The number of rotatable bonds is 8. The Morgan fingerprint density at radius 1 is 1.07 bits per heavy atom. The van der Waals surface area contributed by atoms with Crippen molar-refractivity contribution in [3.05, 3.63) is 29.8 Å². The van der Waals surface area contributed by atoms with Crippen molar-refractivity contribution < 1.29 is 18.0 Å². The van der Waals surface area contributed by atoms with Crippen LogP contribution in [0.2, 0.25) is 0 Å². The van der Waals surface area contributed by atoms with Gasteiger partial charge in [0, 0.05) is 25.7 Å². The van der Waals surface area contributed by atoms with Crippen molar-refractivity contribution in [3.8, 4) is 0 Å².